The van der Waals surface area contributed by atoms with E-state index in [9.17, 15) is 4.79 Å². The van der Waals surface area contributed by atoms with Crippen LogP contribution in [0, 0.1) is 0 Å². The Labute approximate surface area is 136 Å². The van der Waals surface area contributed by atoms with E-state index in [2.05, 4.69) is 15.4 Å². The molecule has 0 spiro atoms. The van der Waals surface area contributed by atoms with Gasteiger partial charge in [0.25, 0.3) is 5.24 Å². The van der Waals surface area contributed by atoms with E-state index in [0.717, 1.165) is 22.2 Å². The van der Waals surface area contributed by atoms with Crippen LogP contribution in [0.1, 0.15) is 5.56 Å². The number of hydrogen-bond donors (Lipinski definition) is 1. The molecule has 116 valence electrons. The number of thioether (sulfide) groups is 1. The number of carbonyl (C=O) groups is 1. The summed E-state index contributed by atoms with van der Waals surface area (Å²) in [6.07, 6.45) is 5.48. The van der Waals surface area contributed by atoms with E-state index in [1.165, 1.54) is 0 Å². The summed E-state index contributed by atoms with van der Waals surface area (Å²) < 4.78 is 12.3. The molecule has 0 bridgehead atoms. The number of ether oxygens (including phenoxy) is 2. The normalized spacial score (nSPS) is 19.6. The Bertz CT molecular complexity index is 856. The summed E-state index contributed by atoms with van der Waals surface area (Å²) in [5, 5.41) is 6.71. The first kappa shape index (κ1) is 13.9. The molecule has 1 saturated heterocycles. The number of amides is 1. The maximum absolute atomic E-state index is 11.7. The van der Waals surface area contributed by atoms with Gasteiger partial charge in [-0.05, 0) is 30.0 Å². The van der Waals surface area contributed by atoms with Crippen LogP contribution in [0.15, 0.2) is 40.5 Å². The van der Waals surface area contributed by atoms with Gasteiger partial charge in [0.05, 0.1) is 16.8 Å². The molecule has 0 radical (unpaired) electrons. The van der Waals surface area contributed by atoms with Gasteiger partial charge < -0.3 is 14.8 Å². The van der Waals surface area contributed by atoms with Crippen molar-refractivity contribution in [3.05, 3.63) is 41.1 Å². The lowest BCUT2D eigenvalue weighted by molar-refractivity contribution is 0.174. The van der Waals surface area contributed by atoms with Crippen molar-refractivity contribution in [2.24, 2.45) is 12.0 Å². The molecule has 1 fully saturated rings. The molecule has 3 heterocycles. The number of nitrogens with zero attached hydrogens (tertiary/aromatic N) is 3. The van der Waals surface area contributed by atoms with Gasteiger partial charge in [-0.2, -0.15) is 5.10 Å². The zero-order valence-corrected chi connectivity index (χ0v) is 13.0. The van der Waals surface area contributed by atoms with Gasteiger partial charge in [-0.25, -0.2) is 4.99 Å². The fourth-order valence-electron chi connectivity index (χ4n) is 2.26. The zero-order valence-electron chi connectivity index (χ0n) is 12.1. The number of carbonyl (C=O) groups excluding carboxylic acids is 1. The minimum absolute atomic E-state index is 0.153. The Morgan fingerprint density at radius 3 is 3.09 bits per heavy atom. The van der Waals surface area contributed by atoms with E-state index in [0.29, 0.717) is 23.0 Å². The quantitative estimate of drug-likeness (QED) is 0.917. The van der Waals surface area contributed by atoms with Crippen molar-refractivity contribution in [2.75, 3.05) is 6.79 Å². The molecule has 7 nitrogen and oxygen atoms in total. The van der Waals surface area contributed by atoms with Crippen LogP contribution in [-0.2, 0) is 7.05 Å². The van der Waals surface area contributed by atoms with Crippen LogP contribution < -0.4 is 14.8 Å². The van der Waals surface area contributed by atoms with E-state index in [4.69, 9.17) is 9.47 Å². The van der Waals surface area contributed by atoms with E-state index < -0.39 is 0 Å². The van der Waals surface area contributed by atoms with Crippen LogP contribution in [0.5, 0.6) is 11.5 Å². The van der Waals surface area contributed by atoms with E-state index in [1.807, 2.05) is 25.4 Å². The third-order valence-corrected chi connectivity index (χ3v) is 4.09. The molecule has 8 heteroatoms. The molecule has 1 amide bonds. The Balaban J connectivity index is 1.68. The number of fused-ring (bicyclic) bond motifs is 1. The second kappa shape index (κ2) is 5.47. The summed E-state index contributed by atoms with van der Waals surface area (Å²) in [4.78, 5) is 17.0. The number of aliphatic imine (C=N–C) groups is 1. The predicted molar refractivity (Wildman–Crippen MR) is 87.0 cm³/mol. The highest BCUT2D eigenvalue weighted by atomic mass is 32.2. The average molecular weight is 328 g/mol. The van der Waals surface area contributed by atoms with Gasteiger partial charge in [0.15, 0.2) is 11.5 Å². The van der Waals surface area contributed by atoms with Gasteiger partial charge in [-0.3, -0.25) is 9.48 Å². The van der Waals surface area contributed by atoms with Crippen molar-refractivity contribution in [1.29, 1.82) is 0 Å². The number of aryl methyl sites for hydroxylation is 1. The fraction of sp³-hybridized carbons (Fsp3) is 0.133. The minimum Gasteiger partial charge on any atom is -0.454 e. The first-order valence-electron chi connectivity index (χ1n) is 6.85. The number of rotatable bonds is 2. The highest BCUT2D eigenvalue weighted by Gasteiger charge is 2.24. The second-order valence-electron chi connectivity index (χ2n) is 4.97. The predicted octanol–water partition coefficient (Wildman–Crippen LogP) is 2.68. The van der Waals surface area contributed by atoms with Crippen molar-refractivity contribution in [3.8, 4) is 11.5 Å². The maximum atomic E-state index is 11.7. The van der Waals surface area contributed by atoms with Crippen LogP contribution >= 0.6 is 11.8 Å². The van der Waals surface area contributed by atoms with Gasteiger partial charge >= 0.3 is 0 Å². The Morgan fingerprint density at radius 2 is 2.26 bits per heavy atom. The highest BCUT2D eigenvalue weighted by Crippen LogP contribution is 2.36. The number of hydrogen-bond acceptors (Lipinski definition) is 6. The summed E-state index contributed by atoms with van der Waals surface area (Å²) >= 11 is 1.11. The zero-order chi connectivity index (χ0) is 15.8. The monoisotopic (exact) mass is 328 g/mol. The van der Waals surface area contributed by atoms with Crippen molar-refractivity contribution >= 4 is 34.6 Å². The van der Waals surface area contributed by atoms with Crippen LogP contribution in [0.4, 0.5) is 10.5 Å². The molecule has 2 aromatic rings. The third kappa shape index (κ3) is 2.80. The SMILES string of the molecule is Cn1cc(/C=C2\SC(=O)NC2=Nc2ccc3c(c2)OCO3)cn1. The van der Waals surface area contributed by atoms with Crippen LogP contribution in [0.3, 0.4) is 0 Å². The summed E-state index contributed by atoms with van der Waals surface area (Å²) in [6, 6.07) is 5.40. The third-order valence-electron chi connectivity index (χ3n) is 3.28. The molecule has 2 aliphatic heterocycles. The molecular weight excluding hydrogens is 316 g/mol. The lowest BCUT2D eigenvalue weighted by Gasteiger charge is -2.01. The van der Waals surface area contributed by atoms with Gasteiger partial charge in [0.1, 0.15) is 5.84 Å². The molecule has 0 unspecified atom stereocenters. The molecule has 23 heavy (non-hydrogen) atoms. The summed E-state index contributed by atoms with van der Waals surface area (Å²) in [6.45, 7) is 0.216. The van der Waals surface area contributed by atoms with Crippen LogP contribution in [-0.4, -0.2) is 27.6 Å². The van der Waals surface area contributed by atoms with Gasteiger partial charge in [0.2, 0.25) is 6.79 Å². The number of aromatic nitrogens is 2. The molecule has 1 aromatic heterocycles. The van der Waals surface area contributed by atoms with Crippen molar-refractivity contribution in [3.63, 3.8) is 0 Å². The lowest BCUT2D eigenvalue weighted by atomic mass is 10.2. The summed E-state index contributed by atoms with van der Waals surface area (Å²) in [7, 11) is 1.84. The standard InChI is InChI=1S/C15H12N4O3S/c1-19-7-9(6-16-19)4-13-14(18-15(20)23-13)17-10-2-3-11-12(5-10)22-8-21-11/h2-7H,8H2,1H3,(H,17,18,20)/b13-4-. The second-order valence-corrected chi connectivity index (χ2v) is 5.98. The summed E-state index contributed by atoms with van der Waals surface area (Å²) in [5.74, 6) is 1.87. The molecular formula is C15H12N4O3S. The van der Waals surface area contributed by atoms with Crippen molar-refractivity contribution in [2.45, 2.75) is 0 Å². The molecule has 2 aliphatic rings. The lowest BCUT2D eigenvalue weighted by Crippen LogP contribution is -2.18. The van der Waals surface area contributed by atoms with Crippen molar-refractivity contribution in [1.82, 2.24) is 15.1 Å². The number of amidine groups is 1. The maximum Gasteiger partial charge on any atom is 0.289 e. The van der Waals surface area contributed by atoms with Crippen molar-refractivity contribution < 1.29 is 14.3 Å². The van der Waals surface area contributed by atoms with Crippen LogP contribution in [0.2, 0.25) is 0 Å². The first-order valence-corrected chi connectivity index (χ1v) is 7.67. The van der Waals surface area contributed by atoms with E-state index in [-0.39, 0.29) is 12.0 Å². The molecule has 0 atom stereocenters. The van der Waals surface area contributed by atoms with E-state index >= 15 is 0 Å². The number of benzene rings is 1. The smallest absolute Gasteiger partial charge is 0.289 e. The largest absolute Gasteiger partial charge is 0.454 e. The molecule has 1 aromatic carbocycles. The first-order chi connectivity index (χ1) is 11.2. The fourth-order valence-corrected chi connectivity index (χ4v) is 3.00. The molecule has 0 saturated carbocycles. The Hall–Kier alpha value is -2.74. The molecule has 1 N–H and O–H groups in total. The topological polar surface area (TPSA) is 77.7 Å². The Morgan fingerprint density at radius 1 is 1.39 bits per heavy atom. The van der Waals surface area contributed by atoms with Gasteiger partial charge in [-0.15, -0.1) is 0 Å². The van der Waals surface area contributed by atoms with Gasteiger partial charge in [-0.1, -0.05) is 0 Å². The van der Waals surface area contributed by atoms with Gasteiger partial charge in [0, 0.05) is 24.9 Å². The summed E-state index contributed by atoms with van der Waals surface area (Å²) in [5.41, 5.74) is 1.59. The Kier molecular flexibility index (Phi) is 3.30. The number of nitrogens with one attached hydrogen (secondary N) is 1. The highest BCUT2D eigenvalue weighted by molar-refractivity contribution is 8.18. The average Bonchev–Trinajstić information content (AvgIpc) is 3.21. The molecule has 0 aliphatic carbocycles. The minimum atomic E-state index is -0.153. The van der Waals surface area contributed by atoms with Crippen LogP contribution in [0.25, 0.3) is 6.08 Å². The van der Waals surface area contributed by atoms with E-state index in [1.54, 1.807) is 23.0 Å². The molecule has 4 rings (SSSR count).